The highest BCUT2D eigenvalue weighted by Crippen LogP contribution is 2.58. The van der Waals surface area contributed by atoms with Crippen LogP contribution in [0.2, 0.25) is 19.6 Å². The lowest BCUT2D eigenvalue weighted by Crippen LogP contribution is -2.43. The zero-order chi connectivity index (χ0) is 17.3. The van der Waals surface area contributed by atoms with Crippen LogP contribution in [-0.4, -0.2) is 20.1 Å². The Labute approximate surface area is 143 Å². The average Bonchev–Trinajstić information content (AvgIpc) is 2.74. The number of ether oxygens (including phenoxy) is 1. The van der Waals surface area contributed by atoms with Crippen molar-refractivity contribution in [1.82, 2.24) is 0 Å². The van der Waals surface area contributed by atoms with Crippen LogP contribution in [0.25, 0.3) is 0 Å². The van der Waals surface area contributed by atoms with Crippen molar-refractivity contribution in [1.29, 1.82) is 0 Å². The Bertz CT molecular complexity index is 496. The maximum Gasteiger partial charge on any atom is 0.302 e. The number of rotatable bonds is 3. The normalized spacial score (nSPS) is 35.0. The van der Waals surface area contributed by atoms with Crippen LogP contribution in [0.15, 0.2) is 0 Å². The zero-order valence-electron chi connectivity index (χ0n) is 15.9. The predicted octanol–water partition coefficient (Wildman–Crippen LogP) is 5.04. The van der Waals surface area contributed by atoms with Gasteiger partial charge in [-0.25, -0.2) is 0 Å². The van der Waals surface area contributed by atoms with Gasteiger partial charge in [0.05, 0.1) is 0 Å². The second-order valence-electron chi connectivity index (χ2n) is 9.07. The Kier molecular flexibility index (Phi) is 5.66. The Hall–Kier alpha value is -0.753. The monoisotopic (exact) mass is 334 g/mol. The molecule has 5 unspecified atom stereocenters. The van der Waals surface area contributed by atoms with Crippen LogP contribution in [-0.2, 0) is 9.53 Å². The molecule has 2 fully saturated rings. The van der Waals surface area contributed by atoms with Crippen LogP contribution in [0, 0.1) is 34.6 Å². The van der Waals surface area contributed by atoms with E-state index >= 15 is 0 Å². The maximum absolute atomic E-state index is 11.4. The zero-order valence-corrected chi connectivity index (χ0v) is 16.9. The van der Waals surface area contributed by atoms with E-state index in [1.807, 2.05) is 0 Å². The molecule has 3 heteroatoms. The number of carbonyl (C=O) groups is 1. The van der Waals surface area contributed by atoms with Gasteiger partial charge in [-0.1, -0.05) is 33.5 Å². The standard InChI is InChI=1S/C20H34O2Si/c1-15(9-8-14-23(4,5)6)17-11-12-18-19(22-16(2)21)10-7-13-20(17,18)3/h15,17-19H,7,9-13H2,1-6H3. The van der Waals surface area contributed by atoms with Crippen molar-refractivity contribution in [2.24, 2.45) is 23.2 Å². The lowest BCUT2D eigenvalue weighted by atomic mass is 9.61. The molecule has 0 heterocycles. The van der Waals surface area contributed by atoms with Crippen molar-refractivity contribution < 1.29 is 9.53 Å². The molecule has 130 valence electrons. The molecule has 2 rings (SSSR count). The largest absolute Gasteiger partial charge is 0.462 e. The Balaban J connectivity index is 2.07. The van der Waals surface area contributed by atoms with Gasteiger partial charge in [0.2, 0.25) is 0 Å². The van der Waals surface area contributed by atoms with E-state index in [2.05, 4.69) is 45.0 Å². The van der Waals surface area contributed by atoms with Crippen LogP contribution < -0.4 is 0 Å². The van der Waals surface area contributed by atoms with Gasteiger partial charge >= 0.3 is 5.97 Å². The minimum atomic E-state index is -1.26. The first-order chi connectivity index (χ1) is 10.6. The van der Waals surface area contributed by atoms with Gasteiger partial charge in [-0.15, -0.1) is 11.5 Å². The molecule has 0 aromatic carbocycles. The van der Waals surface area contributed by atoms with Crippen molar-refractivity contribution in [2.75, 3.05) is 0 Å². The number of fused-ring (bicyclic) bond motifs is 1. The van der Waals surface area contributed by atoms with Crippen molar-refractivity contribution in [3.05, 3.63) is 0 Å². The molecule has 2 saturated carbocycles. The van der Waals surface area contributed by atoms with E-state index in [-0.39, 0.29) is 12.1 Å². The molecular formula is C20H34O2Si. The van der Waals surface area contributed by atoms with E-state index in [0.29, 0.717) is 17.3 Å². The third-order valence-electron chi connectivity index (χ3n) is 6.03. The van der Waals surface area contributed by atoms with Crippen molar-refractivity contribution in [3.8, 4) is 11.5 Å². The van der Waals surface area contributed by atoms with Gasteiger partial charge in [-0.2, -0.15) is 0 Å². The first-order valence-corrected chi connectivity index (χ1v) is 12.8. The molecule has 0 N–H and O–H groups in total. The molecule has 0 aliphatic heterocycles. The Morgan fingerprint density at radius 1 is 1.30 bits per heavy atom. The van der Waals surface area contributed by atoms with Crippen LogP contribution in [0.3, 0.4) is 0 Å². The minimum absolute atomic E-state index is 0.114. The van der Waals surface area contributed by atoms with Crippen molar-refractivity contribution >= 4 is 14.0 Å². The van der Waals surface area contributed by atoms with Crippen LogP contribution in [0.4, 0.5) is 0 Å². The minimum Gasteiger partial charge on any atom is -0.462 e. The SMILES string of the molecule is CC(=O)OC1CCCC2(C)C(C(C)CC#C[Si](C)(C)C)CCC12. The van der Waals surface area contributed by atoms with Gasteiger partial charge in [-0.05, 0) is 49.4 Å². The number of carbonyl (C=O) groups excluding carboxylic acids is 1. The van der Waals surface area contributed by atoms with Gasteiger partial charge in [0, 0.05) is 19.3 Å². The quantitative estimate of drug-likeness (QED) is 0.410. The third kappa shape index (κ3) is 4.41. The molecule has 0 radical (unpaired) electrons. The third-order valence-corrected chi connectivity index (χ3v) is 6.95. The van der Waals surface area contributed by atoms with E-state index in [1.54, 1.807) is 6.92 Å². The lowest BCUT2D eigenvalue weighted by Gasteiger charge is -2.46. The second kappa shape index (κ2) is 7.01. The number of hydrogen-bond donors (Lipinski definition) is 0. The molecule has 0 amide bonds. The lowest BCUT2D eigenvalue weighted by molar-refractivity contribution is -0.155. The van der Waals surface area contributed by atoms with Crippen molar-refractivity contribution in [3.63, 3.8) is 0 Å². The predicted molar refractivity (Wildman–Crippen MR) is 98.6 cm³/mol. The smallest absolute Gasteiger partial charge is 0.302 e. The summed E-state index contributed by atoms with van der Waals surface area (Å²) >= 11 is 0. The second-order valence-corrected chi connectivity index (χ2v) is 13.8. The van der Waals surface area contributed by atoms with E-state index in [4.69, 9.17) is 4.74 Å². The fraction of sp³-hybridized carbons (Fsp3) is 0.850. The summed E-state index contributed by atoms with van der Waals surface area (Å²) in [5, 5.41) is 0. The topological polar surface area (TPSA) is 26.3 Å². The molecule has 0 aromatic heterocycles. The van der Waals surface area contributed by atoms with E-state index in [0.717, 1.165) is 18.8 Å². The summed E-state index contributed by atoms with van der Waals surface area (Å²) in [5.41, 5.74) is 3.85. The molecule has 5 atom stereocenters. The Morgan fingerprint density at radius 3 is 2.61 bits per heavy atom. The van der Waals surface area contributed by atoms with Gasteiger partial charge in [0.15, 0.2) is 0 Å². The molecular weight excluding hydrogens is 300 g/mol. The van der Waals surface area contributed by atoms with Crippen LogP contribution >= 0.6 is 0 Å². The average molecular weight is 335 g/mol. The highest BCUT2D eigenvalue weighted by molar-refractivity contribution is 6.83. The van der Waals surface area contributed by atoms with Gasteiger partial charge in [0.25, 0.3) is 0 Å². The van der Waals surface area contributed by atoms with Gasteiger partial charge < -0.3 is 4.74 Å². The van der Waals surface area contributed by atoms with E-state index in [1.165, 1.54) is 25.7 Å². The van der Waals surface area contributed by atoms with E-state index < -0.39 is 8.07 Å². The molecule has 23 heavy (non-hydrogen) atoms. The number of hydrogen-bond acceptors (Lipinski definition) is 2. The van der Waals surface area contributed by atoms with Gasteiger partial charge in [0.1, 0.15) is 14.2 Å². The first kappa shape index (κ1) is 18.6. The van der Waals surface area contributed by atoms with E-state index in [9.17, 15) is 4.79 Å². The highest BCUT2D eigenvalue weighted by atomic mass is 28.3. The molecule has 2 aliphatic rings. The fourth-order valence-corrected chi connectivity index (χ4v) is 5.70. The molecule has 2 nitrogen and oxygen atoms in total. The summed E-state index contributed by atoms with van der Waals surface area (Å²) in [7, 11) is -1.26. The fourth-order valence-electron chi connectivity index (χ4n) is 5.07. The summed E-state index contributed by atoms with van der Waals surface area (Å²) < 4.78 is 5.66. The van der Waals surface area contributed by atoms with Crippen LogP contribution in [0.1, 0.15) is 59.3 Å². The highest BCUT2D eigenvalue weighted by Gasteiger charge is 2.53. The number of esters is 1. The summed E-state index contributed by atoms with van der Waals surface area (Å²) in [6.07, 6.45) is 7.18. The molecule has 0 aromatic rings. The van der Waals surface area contributed by atoms with Crippen molar-refractivity contribution in [2.45, 2.75) is 85.0 Å². The Morgan fingerprint density at radius 2 is 2.00 bits per heavy atom. The molecule has 0 spiro atoms. The molecule has 0 bridgehead atoms. The first-order valence-electron chi connectivity index (χ1n) is 9.31. The summed E-state index contributed by atoms with van der Waals surface area (Å²) in [5.74, 6) is 5.29. The molecule has 2 aliphatic carbocycles. The van der Waals surface area contributed by atoms with Crippen LogP contribution in [0.5, 0.6) is 0 Å². The summed E-state index contributed by atoms with van der Waals surface area (Å²) in [6.45, 7) is 13.3. The summed E-state index contributed by atoms with van der Waals surface area (Å²) in [6, 6.07) is 0. The molecule has 0 saturated heterocycles. The maximum atomic E-state index is 11.4. The van der Waals surface area contributed by atoms with Gasteiger partial charge in [-0.3, -0.25) is 4.79 Å². The summed E-state index contributed by atoms with van der Waals surface area (Å²) in [4.78, 5) is 11.4.